The monoisotopic (exact) mass is 425 g/mol. The first-order chi connectivity index (χ1) is 14.8. The number of carbonyl (C=O) groups is 2. The Morgan fingerprint density at radius 1 is 1.26 bits per heavy atom. The van der Waals surface area contributed by atoms with Crippen LogP contribution in [0.25, 0.3) is 5.76 Å². The van der Waals surface area contributed by atoms with E-state index < -0.39 is 22.7 Å². The summed E-state index contributed by atoms with van der Waals surface area (Å²) < 4.78 is 5.53. The number of pyridine rings is 1. The molecule has 1 saturated heterocycles. The average molecular weight is 425 g/mol. The van der Waals surface area contributed by atoms with Crippen molar-refractivity contribution in [3.05, 3.63) is 75.6 Å². The van der Waals surface area contributed by atoms with Gasteiger partial charge in [-0.2, -0.15) is 0 Å². The number of aliphatic hydroxyl groups excluding tert-OH is 1. The second-order valence-electron chi connectivity index (χ2n) is 7.36. The van der Waals surface area contributed by atoms with E-state index in [-0.39, 0.29) is 35.2 Å². The predicted molar refractivity (Wildman–Crippen MR) is 112 cm³/mol. The van der Waals surface area contributed by atoms with Gasteiger partial charge in [0.1, 0.15) is 5.76 Å². The third kappa shape index (κ3) is 4.77. The number of Topliss-reactive ketones (excluding diaryl/α,β-unsaturated/α-hetero) is 1. The number of hydrogen-bond acceptors (Lipinski definition) is 7. The number of nitro benzene ring substituents is 1. The van der Waals surface area contributed by atoms with Crippen molar-refractivity contribution in [1.82, 2.24) is 9.88 Å². The fourth-order valence-corrected chi connectivity index (χ4v) is 3.45. The van der Waals surface area contributed by atoms with E-state index in [2.05, 4.69) is 4.98 Å². The van der Waals surface area contributed by atoms with Gasteiger partial charge >= 0.3 is 0 Å². The van der Waals surface area contributed by atoms with Gasteiger partial charge in [0.25, 0.3) is 17.4 Å². The quantitative estimate of drug-likeness (QED) is 0.172. The van der Waals surface area contributed by atoms with Crippen LogP contribution in [0.2, 0.25) is 0 Å². The van der Waals surface area contributed by atoms with E-state index in [9.17, 15) is 24.8 Å². The topological polar surface area (TPSA) is 123 Å². The number of rotatable bonds is 8. The zero-order chi connectivity index (χ0) is 22.5. The molecule has 1 aromatic heterocycles. The van der Waals surface area contributed by atoms with Crippen molar-refractivity contribution in [2.45, 2.75) is 32.4 Å². The van der Waals surface area contributed by atoms with Crippen LogP contribution in [0.15, 0.2) is 54.4 Å². The van der Waals surface area contributed by atoms with Crippen LogP contribution in [-0.2, 0) is 14.3 Å². The summed E-state index contributed by atoms with van der Waals surface area (Å²) in [5, 5.41) is 21.8. The molecule has 1 aromatic carbocycles. The molecular weight excluding hydrogens is 402 g/mol. The number of ketones is 1. The molecule has 0 spiro atoms. The Morgan fingerprint density at radius 3 is 2.55 bits per heavy atom. The van der Waals surface area contributed by atoms with Gasteiger partial charge in [-0.05, 0) is 44.0 Å². The van der Waals surface area contributed by atoms with Gasteiger partial charge in [0.15, 0.2) is 0 Å². The van der Waals surface area contributed by atoms with Crippen LogP contribution < -0.4 is 0 Å². The molecule has 1 aliphatic heterocycles. The fraction of sp³-hybridized carbons (Fsp3) is 0.318. The van der Waals surface area contributed by atoms with Gasteiger partial charge in [0.2, 0.25) is 0 Å². The number of aromatic nitrogens is 1. The van der Waals surface area contributed by atoms with Crippen molar-refractivity contribution in [1.29, 1.82) is 0 Å². The number of hydrogen-bond donors (Lipinski definition) is 1. The van der Waals surface area contributed by atoms with E-state index in [0.717, 1.165) is 0 Å². The summed E-state index contributed by atoms with van der Waals surface area (Å²) >= 11 is 0. The summed E-state index contributed by atoms with van der Waals surface area (Å²) in [5.41, 5.74) is 0.568. The Balaban J connectivity index is 2.00. The second kappa shape index (κ2) is 9.48. The summed E-state index contributed by atoms with van der Waals surface area (Å²) in [6, 6.07) is 7.74. The molecule has 1 aliphatic rings. The maximum absolute atomic E-state index is 12.9. The lowest BCUT2D eigenvalue weighted by atomic mass is 9.96. The van der Waals surface area contributed by atoms with Crippen LogP contribution in [0.3, 0.4) is 0 Å². The van der Waals surface area contributed by atoms with Gasteiger partial charge in [0.05, 0.1) is 22.6 Å². The number of non-ortho nitro benzene ring substituents is 1. The van der Waals surface area contributed by atoms with Crippen LogP contribution in [0, 0.1) is 10.1 Å². The van der Waals surface area contributed by atoms with Crippen molar-refractivity contribution in [3.8, 4) is 0 Å². The smallest absolute Gasteiger partial charge is 0.295 e. The molecule has 0 unspecified atom stereocenters. The van der Waals surface area contributed by atoms with E-state index in [1.807, 2.05) is 13.8 Å². The normalized spacial score (nSPS) is 18.0. The second-order valence-corrected chi connectivity index (χ2v) is 7.36. The molecular formula is C22H23N3O6. The van der Waals surface area contributed by atoms with Crippen LogP contribution in [-0.4, -0.2) is 50.9 Å². The first kappa shape index (κ1) is 22.1. The largest absolute Gasteiger partial charge is 0.507 e. The number of nitrogens with zero attached hydrogens (tertiary/aromatic N) is 3. The summed E-state index contributed by atoms with van der Waals surface area (Å²) in [4.78, 5) is 41.5. The number of nitro groups is 1. The first-order valence-electron chi connectivity index (χ1n) is 9.86. The Bertz CT molecular complexity index is 1000. The maximum Gasteiger partial charge on any atom is 0.295 e. The van der Waals surface area contributed by atoms with Gasteiger partial charge in [-0.3, -0.25) is 24.7 Å². The third-order valence-corrected chi connectivity index (χ3v) is 4.89. The van der Waals surface area contributed by atoms with Crippen LogP contribution in [0.4, 0.5) is 5.69 Å². The molecule has 1 N–H and O–H groups in total. The van der Waals surface area contributed by atoms with Crippen molar-refractivity contribution < 1.29 is 24.4 Å². The van der Waals surface area contributed by atoms with Crippen molar-refractivity contribution in [3.63, 3.8) is 0 Å². The minimum Gasteiger partial charge on any atom is -0.507 e. The van der Waals surface area contributed by atoms with Gasteiger partial charge in [-0.25, -0.2) is 0 Å². The number of amides is 1. The molecule has 31 heavy (non-hydrogen) atoms. The number of benzene rings is 1. The molecule has 162 valence electrons. The zero-order valence-corrected chi connectivity index (χ0v) is 17.2. The molecule has 2 heterocycles. The fourth-order valence-electron chi connectivity index (χ4n) is 3.45. The highest BCUT2D eigenvalue weighted by Gasteiger charge is 2.45. The molecule has 1 fully saturated rings. The van der Waals surface area contributed by atoms with E-state index in [1.165, 1.54) is 35.4 Å². The highest BCUT2D eigenvalue weighted by atomic mass is 16.6. The maximum atomic E-state index is 12.9. The zero-order valence-electron chi connectivity index (χ0n) is 17.2. The number of carbonyl (C=O) groups excluding carboxylic acids is 2. The highest BCUT2D eigenvalue weighted by molar-refractivity contribution is 6.46. The standard InChI is InChI=1S/C22H23N3O6/c1-14(2)31-12-4-11-24-19(16-5-3-10-23-13-16)18(21(27)22(24)28)20(26)15-6-8-17(9-7-15)25(29)30/h3,5-10,13-14,19,26H,4,11-12H2,1-2H3/t19-/m0/s1. The molecule has 2 aromatic rings. The number of likely N-dealkylation sites (tertiary alicyclic amines) is 1. The Hall–Kier alpha value is -3.59. The Labute approximate surface area is 179 Å². The Kier molecular flexibility index (Phi) is 6.76. The Morgan fingerprint density at radius 2 is 1.97 bits per heavy atom. The predicted octanol–water partition coefficient (Wildman–Crippen LogP) is 3.23. The molecule has 3 rings (SSSR count). The molecule has 0 radical (unpaired) electrons. The summed E-state index contributed by atoms with van der Waals surface area (Å²) in [6.45, 7) is 4.49. The van der Waals surface area contributed by atoms with E-state index in [1.54, 1.807) is 18.3 Å². The lowest BCUT2D eigenvalue weighted by Gasteiger charge is -2.25. The van der Waals surface area contributed by atoms with E-state index in [0.29, 0.717) is 18.6 Å². The van der Waals surface area contributed by atoms with Crippen LogP contribution in [0.1, 0.15) is 37.4 Å². The molecule has 0 bridgehead atoms. The highest BCUT2D eigenvalue weighted by Crippen LogP contribution is 2.39. The summed E-state index contributed by atoms with van der Waals surface area (Å²) in [7, 11) is 0. The molecule has 1 amide bonds. The van der Waals surface area contributed by atoms with Gasteiger partial charge in [-0.15, -0.1) is 0 Å². The summed E-state index contributed by atoms with van der Waals surface area (Å²) in [5.74, 6) is -1.92. The lowest BCUT2D eigenvalue weighted by Crippen LogP contribution is -2.31. The van der Waals surface area contributed by atoms with Crippen molar-refractivity contribution in [2.75, 3.05) is 13.2 Å². The molecule has 0 aliphatic carbocycles. The van der Waals surface area contributed by atoms with Gasteiger partial charge < -0.3 is 14.7 Å². The van der Waals surface area contributed by atoms with Crippen molar-refractivity contribution >= 4 is 23.1 Å². The molecule has 0 saturated carbocycles. The number of ether oxygens (including phenoxy) is 1. The van der Waals surface area contributed by atoms with Gasteiger partial charge in [-0.1, -0.05) is 6.07 Å². The first-order valence-corrected chi connectivity index (χ1v) is 9.86. The van der Waals surface area contributed by atoms with Crippen molar-refractivity contribution in [2.24, 2.45) is 0 Å². The minimum atomic E-state index is -0.817. The molecule has 1 atom stereocenters. The molecule has 9 nitrogen and oxygen atoms in total. The molecule has 9 heteroatoms. The minimum absolute atomic E-state index is 0.0478. The van der Waals surface area contributed by atoms with Crippen LogP contribution >= 0.6 is 0 Å². The van der Waals surface area contributed by atoms with Gasteiger partial charge in [0, 0.05) is 43.2 Å². The summed E-state index contributed by atoms with van der Waals surface area (Å²) in [6.07, 6.45) is 3.67. The third-order valence-electron chi connectivity index (χ3n) is 4.89. The lowest BCUT2D eigenvalue weighted by molar-refractivity contribution is -0.384. The van der Waals surface area contributed by atoms with Crippen LogP contribution in [0.5, 0.6) is 0 Å². The average Bonchev–Trinajstić information content (AvgIpc) is 3.01. The van der Waals surface area contributed by atoms with E-state index >= 15 is 0 Å². The number of aliphatic hydroxyl groups is 1. The van der Waals surface area contributed by atoms with E-state index in [4.69, 9.17) is 4.74 Å². The SMILES string of the molecule is CC(C)OCCCN1C(=O)C(=O)C(=C(O)c2ccc([N+](=O)[O-])cc2)[C@@H]1c1cccnc1.